The molecule has 1 heterocycles. The normalized spacial score (nSPS) is 12.1. The highest BCUT2D eigenvalue weighted by Crippen LogP contribution is 2.08. The van der Waals surface area contributed by atoms with Crippen LogP contribution in [0.25, 0.3) is 0 Å². The molecule has 0 saturated heterocycles. The maximum Gasteiger partial charge on any atom is 0.168 e. The number of aliphatic hydroxyl groups is 1. The van der Waals surface area contributed by atoms with Crippen molar-refractivity contribution in [3.8, 4) is 5.75 Å². The summed E-state index contributed by atoms with van der Waals surface area (Å²) in [6.07, 6.45) is 3.52. The van der Waals surface area contributed by atoms with Crippen LogP contribution in [0.4, 0.5) is 0 Å². The Kier molecular flexibility index (Phi) is 6.98. The van der Waals surface area contributed by atoms with Crippen molar-refractivity contribution >= 4 is 6.29 Å². The number of aromatic nitrogens is 1. The highest BCUT2D eigenvalue weighted by Gasteiger charge is 2.05. The molecule has 5 heteroatoms. The molecule has 0 aliphatic carbocycles. The maximum atomic E-state index is 10.4. The Bertz CT molecular complexity index is 339. The lowest BCUT2D eigenvalue weighted by molar-refractivity contribution is 0.0112. The van der Waals surface area contributed by atoms with Crippen molar-refractivity contribution in [2.24, 2.45) is 0 Å². The van der Waals surface area contributed by atoms with Crippen LogP contribution in [0, 0.1) is 0 Å². The van der Waals surface area contributed by atoms with Crippen LogP contribution in [0.2, 0.25) is 0 Å². The fourth-order valence-corrected chi connectivity index (χ4v) is 1.25. The quantitative estimate of drug-likeness (QED) is 0.533. The van der Waals surface area contributed by atoms with Gasteiger partial charge < -0.3 is 14.6 Å². The molecule has 0 spiro atoms. The van der Waals surface area contributed by atoms with Gasteiger partial charge in [0.05, 0.1) is 12.8 Å². The van der Waals surface area contributed by atoms with E-state index in [1.807, 2.05) is 0 Å². The van der Waals surface area contributed by atoms with Crippen molar-refractivity contribution in [1.29, 1.82) is 0 Å². The van der Waals surface area contributed by atoms with Gasteiger partial charge >= 0.3 is 0 Å². The molecule has 0 fully saturated rings. The number of ether oxygens (including phenoxy) is 2. The van der Waals surface area contributed by atoms with Crippen LogP contribution in [-0.4, -0.2) is 42.3 Å². The summed E-state index contributed by atoms with van der Waals surface area (Å²) in [4.78, 5) is 14.3. The summed E-state index contributed by atoms with van der Waals surface area (Å²) in [5.74, 6) is 0.521. The first-order valence-electron chi connectivity index (χ1n) is 6.06. The van der Waals surface area contributed by atoms with Gasteiger partial charge in [0.1, 0.15) is 24.2 Å². The fraction of sp³-hybridized carbons (Fsp3) is 0.538. The molecule has 1 unspecified atom stereocenters. The third-order valence-electron chi connectivity index (χ3n) is 2.27. The molecule has 1 rings (SSSR count). The number of pyridine rings is 1. The molecule has 100 valence electrons. The molecule has 0 saturated carbocycles. The topological polar surface area (TPSA) is 68.7 Å². The molecular weight excluding hydrogens is 234 g/mol. The second-order valence-electron chi connectivity index (χ2n) is 3.93. The smallest absolute Gasteiger partial charge is 0.168 e. The number of unbranched alkanes of at least 4 members (excludes halogenated alkanes) is 1. The van der Waals surface area contributed by atoms with Gasteiger partial charge in [0.25, 0.3) is 0 Å². The Morgan fingerprint density at radius 3 is 2.89 bits per heavy atom. The van der Waals surface area contributed by atoms with Crippen molar-refractivity contribution in [3.63, 3.8) is 0 Å². The van der Waals surface area contributed by atoms with E-state index in [2.05, 4.69) is 11.9 Å². The molecule has 1 N–H and O–H groups in total. The lowest BCUT2D eigenvalue weighted by Gasteiger charge is -2.12. The average molecular weight is 253 g/mol. The first-order valence-corrected chi connectivity index (χ1v) is 6.06. The predicted octanol–water partition coefficient (Wildman–Crippen LogP) is 1.45. The van der Waals surface area contributed by atoms with Gasteiger partial charge in [0.15, 0.2) is 6.29 Å². The number of nitrogens with zero attached hydrogens (tertiary/aromatic N) is 1. The van der Waals surface area contributed by atoms with Gasteiger partial charge in [-0.05, 0) is 18.6 Å². The molecule has 1 atom stereocenters. The summed E-state index contributed by atoms with van der Waals surface area (Å²) in [7, 11) is 0. The summed E-state index contributed by atoms with van der Waals surface area (Å²) in [6.45, 7) is 3.15. The van der Waals surface area contributed by atoms with Gasteiger partial charge in [0, 0.05) is 6.61 Å². The van der Waals surface area contributed by atoms with E-state index in [9.17, 15) is 9.90 Å². The van der Waals surface area contributed by atoms with E-state index in [-0.39, 0.29) is 13.2 Å². The van der Waals surface area contributed by atoms with Crippen LogP contribution >= 0.6 is 0 Å². The predicted molar refractivity (Wildman–Crippen MR) is 66.9 cm³/mol. The second-order valence-corrected chi connectivity index (χ2v) is 3.93. The minimum atomic E-state index is -0.660. The van der Waals surface area contributed by atoms with Crippen LogP contribution in [0.15, 0.2) is 18.3 Å². The SMILES string of the molecule is CCCCOCC(O)COc1ccc(C=O)nc1. The van der Waals surface area contributed by atoms with Crippen LogP contribution in [-0.2, 0) is 4.74 Å². The molecule has 0 aromatic carbocycles. The van der Waals surface area contributed by atoms with Crippen LogP contribution in [0.5, 0.6) is 5.75 Å². The van der Waals surface area contributed by atoms with Crippen molar-refractivity contribution in [3.05, 3.63) is 24.0 Å². The molecule has 1 aromatic rings. The molecule has 18 heavy (non-hydrogen) atoms. The van der Waals surface area contributed by atoms with Crippen molar-refractivity contribution in [1.82, 2.24) is 4.98 Å². The zero-order valence-electron chi connectivity index (χ0n) is 10.5. The van der Waals surface area contributed by atoms with E-state index in [4.69, 9.17) is 9.47 Å². The molecule has 0 bridgehead atoms. The molecule has 5 nitrogen and oxygen atoms in total. The van der Waals surface area contributed by atoms with Crippen LogP contribution in [0.3, 0.4) is 0 Å². The first-order chi connectivity index (χ1) is 8.76. The molecular formula is C13H19NO4. The number of hydrogen-bond donors (Lipinski definition) is 1. The monoisotopic (exact) mass is 253 g/mol. The van der Waals surface area contributed by atoms with Gasteiger partial charge in [-0.2, -0.15) is 0 Å². The standard InChI is InChI=1S/C13H19NO4/c1-2-3-6-17-9-12(16)10-18-13-5-4-11(8-15)14-7-13/h4-5,7-8,12,16H,2-3,6,9-10H2,1H3. The van der Waals surface area contributed by atoms with E-state index in [1.54, 1.807) is 12.1 Å². The number of rotatable bonds is 9. The lowest BCUT2D eigenvalue weighted by Crippen LogP contribution is -2.23. The highest BCUT2D eigenvalue weighted by molar-refractivity contribution is 5.71. The average Bonchev–Trinajstić information content (AvgIpc) is 2.42. The summed E-state index contributed by atoms with van der Waals surface area (Å²) in [5, 5.41) is 9.58. The zero-order chi connectivity index (χ0) is 13.2. The maximum absolute atomic E-state index is 10.4. The molecule has 1 aromatic heterocycles. The summed E-state index contributed by atoms with van der Waals surface area (Å²) >= 11 is 0. The Morgan fingerprint density at radius 2 is 2.28 bits per heavy atom. The second kappa shape index (κ2) is 8.60. The zero-order valence-corrected chi connectivity index (χ0v) is 10.5. The fourth-order valence-electron chi connectivity index (χ4n) is 1.25. The Balaban J connectivity index is 2.20. The number of carbonyl (C=O) groups is 1. The molecule has 0 radical (unpaired) electrons. The molecule has 0 aliphatic rings. The molecule has 0 amide bonds. The van der Waals surface area contributed by atoms with Crippen LogP contribution in [0.1, 0.15) is 30.3 Å². The summed E-state index contributed by atoms with van der Waals surface area (Å²) in [6, 6.07) is 3.20. The minimum absolute atomic E-state index is 0.147. The van der Waals surface area contributed by atoms with Gasteiger partial charge in [-0.25, -0.2) is 4.98 Å². The van der Waals surface area contributed by atoms with E-state index < -0.39 is 6.10 Å². The molecule has 0 aliphatic heterocycles. The van der Waals surface area contributed by atoms with E-state index in [0.717, 1.165) is 12.8 Å². The lowest BCUT2D eigenvalue weighted by atomic mass is 10.3. The number of carbonyl (C=O) groups excluding carboxylic acids is 1. The van der Waals surface area contributed by atoms with E-state index >= 15 is 0 Å². The van der Waals surface area contributed by atoms with Crippen molar-refractivity contribution < 1.29 is 19.4 Å². The summed E-state index contributed by atoms with van der Waals surface area (Å²) in [5.41, 5.74) is 0.353. The number of hydrogen-bond acceptors (Lipinski definition) is 5. The van der Waals surface area contributed by atoms with Crippen molar-refractivity contribution in [2.75, 3.05) is 19.8 Å². The van der Waals surface area contributed by atoms with Gasteiger partial charge in [-0.3, -0.25) is 4.79 Å². The number of aldehydes is 1. The van der Waals surface area contributed by atoms with E-state index in [1.165, 1.54) is 6.20 Å². The third-order valence-corrected chi connectivity index (χ3v) is 2.27. The van der Waals surface area contributed by atoms with Gasteiger partial charge in [-0.15, -0.1) is 0 Å². The number of aliphatic hydroxyl groups excluding tert-OH is 1. The Morgan fingerprint density at radius 1 is 1.44 bits per heavy atom. The van der Waals surface area contributed by atoms with E-state index in [0.29, 0.717) is 24.3 Å². The Labute approximate surface area is 107 Å². The summed E-state index contributed by atoms with van der Waals surface area (Å²) < 4.78 is 10.6. The highest BCUT2D eigenvalue weighted by atomic mass is 16.5. The largest absolute Gasteiger partial charge is 0.489 e. The van der Waals surface area contributed by atoms with Gasteiger partial charge in [-0.1, -0.05) is 13.3 Å². The van der Waals surface area contributed by atoms with Crippen LogP contribution < -0.4 is 4.74 Å². The van der Waals surface area contributed by atoms with Gasteiger partial charge in [0.2, 0.25) is 0 Å². The third kappa shape index (κ3) is 5.75. The first kappa shape index (κ1) is 14.6. The minimum Gasteiger partial charge on any atom is -0.489 e. The van der Waals surface area contributed by atoms with Crippen molar-refractivity contribution in [2.45, 2.75) is 25.9 Å². The Hall–Kier alpha value is -1.46.